The van der Waals surface area contributed by atoms with Gasteiger partial charge in [-0.3, -0.25) is 4.18 Å². The van der Waals surface area contributed by atoms with Gasteiger partial charge in [-0.2, -0.15) is 8.42 Å². The number of urea groups is 1. The van der Waals surface area contributed by atoms with Crippen molar-refractivity contribution in [3.05, 3.63) is 102 Å². The van der Waals surface area contributed by atoms with Crippen LogP contribution in [0.2, 0.25) is 0 Å². The number of amides is 2. The van der Waals surface area contributed by atoms with Crippen LogP contribution >= 0.6 is 0 Å². The third-order valence-electron chi connectivity index (χ3n) is 6.20. The van der Waals surface area contributed by atoms with E-state index in [0.29, 0.717) is 11.3 Å². The first-order valence-corrected chi connectivity index (χ1v) is 14.9. The molecule has 45 heavy (non-hydrogen) atoms. The maximum Gasteiger partial charge on any atom is 0.573 e. The van der Waals surface area contributed by atoms with Crippen molar-refractivity contribution in [2.75, 3.05) is 23.8 Å². The summed E-state index contributed by atoms with van der Waals surface area (Å²) in [5.41, 5.74) is 0.982. The lowest BCUT2D eigenvalue weighted by Crippen LogP contribution is -2.25. The predicted molar refractivity (Wildman–Crippen MR) is 160 cm³/mol. The molecule has 14 heteroatoms. The molecule has 238 valence electrons. The van der Waals surface area contributed by atoms with Crippen LogP contribution in [0.3, 0.4) is 0 Å². The van der Waals surface area contributed by atoms with Crippen molar-refractivity contribution in [2.24, 2.45) is 0 Å². The van der Waals surface area contributed by atoms with Crippen molar-refractivity contribution in [2.45, 2.75) is 37.6 Å². The number of carbonyl (C=O) groups is 1. The van der Waals surface area contributed by atoms with E-state index in [0.717, 1.165) is 17.7 Å². The molecule has 1 aromatic heterocycles. The van der Waals surface area contributed by atoms with Crippen molar-refractivity contribution >= 4 is 27.5 Å². The fourth-order valence-electron chi connectivity index (χ4n) is 4.04. The number of para-hydroxylation sites is 1. The second-order valence-electron chi connectivity index (χ2n) is 10.1. The van der Waals surface area contributed by atoms with Crippen molar-refractivity contribution in [1.29, 1.82) is 0 Å². The average molecular weight is 646 g/mol. The molecule has 4 rings (SSSR count). The molecule has 3 aromatic carbocycles. The molecule has 10 nitrogen and oxygen atoms in total. The smallest absolute Gasteiger partial charge is 0.437 e. The molecule has 0 aliphatic rings. The van der Waals surface area contributed by atoms with Gasteiger partial charge in [0.2, 0.25) is 5.88 Å². The monoisotopic (exact) mass is 645 g/mol. The van der Waals surface area contributed by atoms with E-state index in [1.807, 2.05) is 6.92 Å². The minimum Gasteiger partial charge on any atom is -0.437 e. The lowest BCUT2D eigenvalue weighted by Gasteiger charge is -2.28. The summed E-state index contributed by atoms with van der Waals surface area (Å²) in [6, 6.07) is 20.4. The third kappa shape index (κ3) is 9.66. The highest BCUT2D eigenvalue weighted by Gasteiger charge is 2.31. The van der Waals surface area contributed by atoms with Gasteiger partial charge < -0.3 is 24.8 Å². The number of hydrogen-bond donors (Lipinski definition) is 2. The van der Waals surface area contributed by atoms with Crippen molar-refractivity contribution in [3.8, 4) is 17.4 Å². The minimum atomic E-state index is -4.83. The molecule has 0 unspecified atom stereocenters. The second kappa shape index (κ2) is 14.0. The molecule has 0 saturated heterocycles. The minimum absolute atomic E-state index is 0.0491. The average Bonchev–Trinajstić information content (AvgIpc) is 2.97. The molecular weight excluding hydrogens is 615 g/mol. The molecule has 1 heterocycles. The highest BCUT2D eigenvalue weighted by molar-refractivity contribution is 7.86. The van der Waals surface area contributed by atoms with Gasteiger partial charge in [0.25, 0.3) is 10.1 Å². The number of benzene rings is 3. The van der Waals surface area contributed by atoms with Crippen molar-refractivity contribution in [3.63, 3.8) is 0 Å². The van der Waals surface area contributed by atoms with Gasteiger partial charge in [-0.1, -0.05) is 35.9 Å². The number of alkyl halides is 3. The van der Waals surface area contributed by atoms with Crippen molar-refractivity contribution in [1.82, 2.24) is 4.98 Å². The van der Waals surface area contributed by atoms with E-state index in [2.05, 4.69) is 20.4 Å². The van der Waals surface area contributed by atoms with Crippen LogP contribution in [-0.2, 0) is 24.6 Å². The number of nitrogens with one attached hydrogen (secondary N) is 2. The predicted octanol–water partition coefficient (Wildman–Crippen LogP) is 7.38. The first kappa shape index (κ1) is 33.2. The Labute approximate surface area is 258 Å². The largest absolute Gasteiger partial charge is 0.573 e. The summed E-state index contributed by atoms with van der Waals surface area (Å²) >= 11 is 0. The van der Waals surface area contributed by atoms with Crippen LogP contribution in [0, 0.1) is 6.92 Å². The Hall–Kier alpha value is -4.66. The van der Waals surface area contributed by atoms with Crippen molar-refractivity contribution < 1.29 is 44.8 Å². The van der Waals surface area contributed by atoms with Crippen LogP contribution in [0.25, 0.3) is 0 Å². The summed E-state index contributed by atoms with van der Waals surface area (Å²) in [6.07, 6.45) is -3.36. The zero-order valence-corrected chi connectivity index (χ0v) is 25.2. The van der Waals surface area contributed by atoms with E-state index in [4.69, 9.17) is 13.7 Å². The summed E-state index contributed by atoms with van der Waals surface area (Å²) in [7, 11) is -3.95. The normalized spacial score (nSPS) is 12.0. The van der Waals surface area contributed by atoms with E-state index in [1.165, 1.54) is 30.5 Å². The lowest BCUT2D eigenvalue weighted by molar-refractivity contribution is -0.274. The molecule has 4 aromatic rings. The number of pyridine rings is 1. The first-order chi connectivity index (χ1) is 21.2. The third-order valence-corrected chi connectivity index (χ3v) is 7.53. The van der Waals surface area contributed by atoms with Gasteiger partial charge in [0.1, 0.15) is 17.2 Å². The van der Waals surface area contributed by atoms with E-state index >= 15 is 0 Å². The fraction of sp³-hybridized carbons (Fsp3) is 0.226. The summed E-state index contributed by atoms with van der Waals surface area (Å²) in [5.74, 6) is -0.0164. The molecule has 2 amide bonds. The van der Waals surface area contributed by atoms with Crippen LogP contribution < -0.4 is 20.1 Å². The molecule has 0 aliphatic heterocycles. The number of aromatic nitrogens is 1. The summed E-state index contributed by atoms with van der Waals surface area (Å²) in [5, 5.41) is 5.12. The highest BCUT2D eigenvalue weighted by atomic mass is 32.2. The number of carbonyl (C=O) groups excluding carboxylic acids is 1. The Bertz CT molecular complexity index is 1710. The van der Waals surface area contributed by atoms with Gasteiger partial charge in [-0.15, -0.1) is 13.2 Å². The quantitative estimate of drug-likeness (QED) is 0.121. The number of ether oxygens (including phenoxy) is 3. The molecule has 0 atom stereocenters. The molecule has 0 saturated carbocycles. The maximum absolute atomic E-state index is 12.7. The summed E-state index contributed by atoms with van der Waals surface area (Å²) in [4.78, 5) is 16.9. The molecule has 2 N–H and O–H groups in total. The Morgan fingerprint density at radius 3 is 2.24 bits per heavy atom. The van der Waals surface area contributed by atoms with Crippen LogP contribution in [0.4, 0.5) is 29.3 Å². The number of rotatable bonds is 12. The zero-order chi connectivity index (χ0) is 32.7. The number of halogens is 3. The topological polar surface area (TPSA) is 125 Å². The summed E-state index contributed by atoms with van der Waals surface area (Å²) in [6.45, 7) is 5.14. The number of nitrogens with zero attached hydrogens (tertiary/aromatic N) is 1. The van der Waals surface area contributed by atoms with Gasteiger partial charge in [-0.25, -0.2) is 9.78 Å². The molecule has 0 fully saturated rings. The van der Waals surface area contributed by atoms with Gasteiger partial charge in [0, 0.05) is 17.4 Å². The number of anilines is 2. The standard InChI is InChI=1S/C31H30F3N3O7S/c1-21-10-16-24(17-11-21)45(39,40)42-20-19-41-30(2,3)25-7-4-5-9-27(25)43-28-26(8-6-18-35-28)37-29(38)36-22-12-14-23(15-13-22)44-31(32,33)34/h4-18H,19-20H2,1-3H3,(H2,36,37,38). The van der Waals surface area contributed by atoms with E-state index in [1.54, 1.807) is 62.4 Å². The maximum atomic E-state index is 12.7. The molecule has 0 radical (unpaired) electrons. The number of aryl methyl sites for hydroxylation is 1. The van der Waals surface area contributed by atoms with Crippen LogP contribution in [0.1, 0.15) is 25.0 Å². The van der Waals surface area contributed by atoms with E-state index in [9.17, 15) is 26.4 Å². The Morgan fingerprint density at radius 1 is 0.867 bits per heavy atom. The fourth-order valence-corrected chi connectivity index (χ4v) is 4.93. The molecular formula is C31H30F3N3O7S. The Kier molecular flexibility index (Phi) is 10.3. The molecule has 0 bridgehead atoms. The lowest BCUT2D eigenvalue weighted by atomic mass is 9.97. The van der Waals surface area contributed by atoms with Gasteiger partial charge in [-0.05, 0) is 75.4 Å². The number of hydrogen-bond acceptors (Lipinski definition) is 8. The van der Waals surface area contributed by atoms with Crippen LogP contribution in [0.5, 0.6) is 17.4 Å². The van der Waals surface area contributed by atoms with Crippen LogP contribution in [-0.4, -0.2) is 39.0 Å². The highest BCUT2D eigenvalue weighted by Crippen LogP contribution is 2.36. The van der Waals surface area contributed by atoms with Gasteiger partial charge in [0.15, 0.2) is 0 Å². The Balaban J connectivity index is 1.39. The SMILES string of the molecule is Cc1ccc(S(=O)(=O)OCCOC(C)(C)c2ccccc2Oc2ncccc2NC(=O)Nc2ccc(OC(F)(F)F)cc2)cc1. The Morgan fingerprint density at radius 2 is 1.56 bits per heavy atom. The van der Waals surface area contributed by atoms with Gasteiger partial charge in [0.05, 0.1) is 23.7 Å². The molecule has 0 spiro atoms. The zero-order valence-electron chi connectivity index (χ0n) is 24.4. The summed E-state index contributed by atoms with van der Waals surface area (Å²) < 4.78 is 83.2. The first-order valence-electron chi connectivity index (χ1n) is 13.5. The van der Waals surface area contributed by atoms with E-state index in [-0.39, 0.29) is 35.4 Å². The van der Waals surface area contributed by atoms with Crippen LogP contribution in [0.15, 0.2) is 96.0 Å². The van der Waals surface area contributed by atoms with Gasteiger partial charge >= 0.3 is 12.4 Å². The second-order valence-corrected chi connectivity index (χ2v) is 11.7. The molecule has 0 aliphatic carbocycles. The van der Waals surface area contributed by atoms with E-state index < -0.39 is 33.9 Å².